The van der Waals surface area contributed by atoms with Crippen LogP contribution >= 0.6 is 11.3 Å². The molecule has 4 rings (SSSR count). The second-order valence-electron chi connectivity index (χ2n) is 4.68. The summed E-state index contributed by atoms with van der Waals surface area (Å²) in [5.74, 6) is 0.252. The van der Waals surface area contributed by atoms with Crippen molar-refractivity contribution in [3.63, 3.8) is 0 Å². The van der Waals surface area contributed by atoms with Crippen LogP contribution in [0.3, 0.4) is 0 Å². The fourth-order valence-corrected chi connectivity index (χ4v) is 3.09. The van der Waals surface area contributed by atoms with Gasteiger partial charge in [-0.3, -0.25) is 0 Å². The molecule has 2 aromatic carbocycles. The molecule has 2 aromatic heterocycles. The van der Waals surface area contributed by atoms with E-state index in [2.05, 4.69) is 15.1 Å². The van der Waals surface area contributed by atoms with E-state index in [0.717, 1.165) is 10.2 Å². The van der Waals surface area contributed by atoms with Gasteiger partial charge in [0, 0.05) is 5.56 Å². The van der Waals surface area contributed by atoms with Gasteiger partial charge >= 0.3 is 0 Å². The summed E-state index contributed by atoms with van der Waals surface area (Å²) in [6, 6.07) is 13.9. The Labute approximate surface area is 128 Å². The SMILES string of the molecule is Nc1nc(-c2cccc(F)c2)nn1-c1nc2ccccc2s1. The normalized spacial score (nSPS) is 11.1. The fraction of sp³-hybridized carbons (Fsp3) is 0. The minimum Gasteiger partial charge on any atom is -0.368 e. The molecule has 0 saturated heterocycles. The molecule has 0 aliphatic rings. The first-order valence-corrected chi connectivity index (χ1v) is 7.37. The molecule has 0 aliphatic heterocycles. The first kappa shape index (κ1) is 12.9. The average molecular weight is 311 g/mol. The van der Waals surface area contributed by atoms with E-state index >= 15 is 0 Å². The zero-order chi connectivity index (χ0) is 15.1. The van der Waals surface area contributed by atoms with Crippen molar-refractivity contribution in [1.82, 2.24) is 19.7 Å². The van der Waals surface area contributed by atoms with Gasteiger partial charge in [-0.2, -0.15) is 9.67 Å². The standard InChI is InChI=1S/C15H10FN5S/c16-10-5-3-4-9(8-10)13-19-14(17)21(20-13)15-18-11-6-1-2-7-12(11)22-15/h1-8H,(H2,17,19,20). The smallest absolute Gasteiger partial charge is 0.226 e. The number of thiazole rings is 1. The minimum absolute atomic E-state index is 0.221. The fourth-order valence-electron chi connectivity index (χ4n) is 2.17. The Balaban J connectivity index is 1.83. The van der Waals surface area contributed by atoms with E-state index in [1.807, 2.05) is 24.3 Å². The number of nitrogens with two attached hydrogens (primary N) is 1. The lowest BCUT2D eigenvalue weighted by atomic mass is 10.2. The van der Waals surface area contributed by atoms with Crippen LogP contribution < -0.4 is 5.73 Å². The van der Waals surface area contributed by atoms with Crippen molar-refractivity contribution in [2.24, 2.45) is 0 Å². The first-order valence-electron chi connectivity index (χ1n) is 6.55. The second-order valence-corrected chi connectivity index (χ2v) is 5.69. The summed E-state index contributed by atoms with van der Waals surface area (Å²) in [5.41, 5.74) is 7.39. The van der Waals surface area contributed by atoms with Gasteiger partial charge in [-0.25, -0.2) is 9.37 Å². The third-order valence-corrected chi connectivity index (χ3v) is 4.19. The number of aromatic nitrogens is 4. The number of para-hydroxylation sites is 1. The maximum Gasteiger partial charge on any atom is 0.226 e. The number of rotatable bonds is 2. The summed E-state index contributed by atoms with van der Waals surface area (Å²) in [6.07, 6.45) is 0. The van der Waals surface area contributed by atoms with Crippen LogP contribution in [0, 0.1) is 5.82 Å². The van der Waals surface area contributed by atoms with Crippen LogP contribution in [0.5, 0.6) is 0 Å². The van der Waals surface area contributed by atoms with Gasteiger partial charge in [0.25, 0.3) is 0 Å². The van der Waals surface area contributed by atoms with E-state index in [1.54, 1.807) is 12.1 Å². The summed E-state index contributed by atoms with van der Waals surface area (Å²) in [5, 5.41) is 4.98. The molecule has 22 heavy (non-hydrogen) atoms. The van der Waals surface area contributed by atoms with Gasteiger partial charge in [-0.15, -0.1) is 5.10 Å². The van der Waals surface area contributed by atoms with E-state index < -0.39 is 0 Å². The zero-order valence-corrected chi connectivity index (χ0v) is 12.1. The third kappa shape index (κ3) is 2.11. The molecule has 0 unspecified atom stereocenters. The predicted molar refractivity (Wildman–Crippen MR) is 84.3 cm³/mol. The molecule has 0 bridgehead atoms. The van der Waals surface area contributed by atoms with Crippen molar-refractivity contribution in [2.45, 2.75) is 0 Å². The van der Waals surface area contributed by atoms with E-state index in [1.165, 1.54) is 28.2 Å². The van der Waals surface area contributed by atoms with Crippen molar-refractivity contribution in [2.75, 3.05) is 5.73 Å². The lowest BCUT2D eigenvalue weighted by Crippen LogP contribution is -2.01. The molecular weight excluding hydrogens is 301 g/mol. The third-order valence-electron chi connectivity index (χ3n) is 3.18. The molecule has 5 nitrogen and oxygen atoms in total. The highest BCUT2D eigenvalue weighted by molar-refractivity contribution is 7.20. The number of hydrogen-bond donors (Lipinski definition) is 1. The molecule has 0 fully saturated rings. The van der Waals surface area contributed by atoms with E-state index in [-0.39, 0.29) is 11.8 Å². The molecule has 0 radical (unpaired) electrons. The average Bonchev–Trinajstić information content (AvgIpc) is 3.10. The van der Waals surface area contributed by atoms with Gasteiger partial charge in [0.05, 0.1) is 10.2 Å². The van der Waals surface area contributed by atoms with Crippen molar-refractivity contribution >= 4 is 27.5 Å². The van der Waals surface area contributed by atoms with Gasteiger partial charge in [0.15, 0.2) is 5.82 Å². The maximum absolute atomic E-state index is 13.3. The molecule has 0 amide bonds. The molecule has 2 heterocycles. The number of fused-ring (bicyclic) bond motifs is 1. The molecular formula is C15H10FN5S. The number of halogens is 1. The summed E-state index contributed by atoms with van der Waals surface area (Å²) < 4.78 is 15.8. The number of hydrogen-bond acceptors (Lipinski definition) is 5. The Bertz CT molecular complexity index is 942. The lowest BCUT2D eigenvalue weighted by Gasteiger charge is -1.95. The lowest BCUT2D eigenvalue weighted by molar-refractivity contribution is 0.628. The Kier molecular flexibility index (Phi) is 2.87. The van der Waals surface area contributed by atoms with E-state index in [4.69, 9.17) is 5.73 Å². The van der Waals surface area contributed by atoms with E-state index in [9.17, 15) is 4.39 Å². The van der Waals surface area contributed by atoms with Crippen LogP contribution in [0.2, 0.25) is 0 Å². The van der Waals surface area contributed by atoms with E-state index in [0.29, 0.717) is 16.5 Å². The number of nitrogen functional groups attached to an aromatic ring is 1. The first-order chi connectivity index (χ1) is 10.7. The van der Waals surface area contributed by atoms with Crippen molar-refractivity contribution in [3.05, 3.63) is 54.3 Å². The molecule has 0 aliphatic carbocycles. The Hall–Kier alpha value is -2.80. The van der Waals surface area contributed by atoms with Crippen LogP contribution in [0.15, 0.2) is 48.5 Å². The number of anilines is 1. The van der Waals surface area contributed by atoms with Crippen molar-refractivity contribution in [3.8, 4) is 16.5 Å². The zero-order valence-electron chi connectivity index (χ0n) is 11.3. The van der Waals surface area contributed by atoms with Crippen LogP contribution in [-0.4, -0.2) is 19.7 Å². The molecule has 4 aromatic rings. The molecule has 7 heteroatoms. The minimum atomic E-state index is -0.340. The summed E-state index contributed by atoms with van der Waals surface area (Å²) in [6.45, 7) is 0. The molecule has 0 saturated carbocycles. The topological polar surface area (TPSA) is 69.6 Å². The Morgan fingerprint density at radius 1 is 1.05 bits per heavy atom. The monoisotopic (exact) mass is 311 g/mol. The molecule has 108 valence electrons. The summed E-state index contributed by atoms with van der Waals surface area (Å²) in [7, 11) is 0. The quantitative estimate of drug-likeness (QED) is 0.617. The second kappa shape index (κ2) is 4.88. The van der Waals surface area contributed by atoms with Crippen molar-refractivity contribution in [1.29, 1.82) is 0 Å². The molecule has 0 atom stereocenters. The van der Waals surface area contributed by atoms with Crippen LogP contribution in [-0.2, 0) is 0 Å². The highest BCUT2D eigenvalue weighted by atomic mass is 32.1. The highest BCUT2D eigenvalue weighted by Gasteiger charge is 2.14. The predicted octanol–water partition coefficient (Wildman–Crippen LogP) is 3.27. The van der Waals surface area contributed by atoms with Gasteiger partial charge in [0.1, 0.15) is 5.82 Å². The molecule has 2 N–H and O–H groups in total. The van der Waals surface area contributed by atoms with Crippen LogP contribution in [0.1, 0.15) is 0 Å². The van der Waals surface area contributed by atoms with Gasteiger partial charge in [-0.1, -0.05) is 35.6 Å². The van der Waals surface area contributed by atoms with Gasteiger partial charge < -0.3 is 5.73 Å². The highest BCUT2D eigenvalue weighted by Crippen LogP contribution is 2.27. The van der Waals surface area contributed by atoms with Gasteiger partial charge in [-0.05, 0) is 24.3 Å². The van der Waals surface area contributed by atoms with Crippen LogP contribution in [0.25, 0.3) is 26.7 Å². The Morgan fingerprint density at radius 3 is 2.73 bits per heavy atom. The van der Waals surface area contributed by atoms with Crippen LogP contribution in [0.4, 0.5) is 10.3 Å². The summed E-state index contributed by atoms with van der Waals surface area (Å²) >= 11 is 1.47. The Morgan fingerprint density at radius 2 is 1.91 bits per heavy atom. The number of benzene rings is 2. The molecule has 0 spiro atoms. The largest absolute Gasteiger partial charge is 0.368 e. The maximum atomic E-state index is 13.3. The summed E-state index contributed by atoms with van der Waals surface area (Å²) in [4.78, 5) is 8.69. The number of nitrogens with zero attached hydrogens (tertiary/aromatic N) is 4. The van der Waals surface area contributed by atoms with Gasteiger partial charge in [0.2, 0.25) is 11.1 Å². The van der Waals surface area contributed by atoms with Crippen molar-refractivity contribution < 1.29 is 4.39 Å².